The lowest BCUT2D eigenvalue weighted by molar-refractivity contribution is 0.426. The van der Waals surface area contributed by atoms with Crippen LogP contribution in [0.25, 0.3) is 0 Å². The third-order valence-electron chi connectivity index (χ3n) is 4.20. The second-order valence-corrected chi connectivity index (χ2v) is 9.56. The SMILES string of the molecule is C=C/C=C1/Sc2ccccc2O/C1=C/C.CSC.c1ccc2c(c1)Oc1ccccc1S2. The standard InChI is InChI=1S/C13H12OS.C12H8OS.C2H6S/c1-3-7-12-10(4-2)14-11-8-5-6-9-13(11)15-12;1-3-7-11-9(5-1)13-10-6-2-4-8-12(10)14-11;1-3-2/h3-9H,1H2,2H3;1-8H;1-2H3/b10-4+,12-7+;;. The molecule has 164 valence electrons. The van der Waals surface area contributed by atoms with Crippen LogP contribution in [0.5, 0.6) is 17.2 Å². The molecule has 2 aliphatic heterocycles. The van der Waals surface area contributed by atoms with Crippen LogP contribution in [0.2, 0.25) is 0 Å². The van der Waals surface area contributed by atoms with Crippen LogP contribution in [0.1, 0.15) is 6.92 Å². The summed E-state index contributed by atoms with van der Waals surface area (Å²) in [5, 5.41) is 0. The maximum atomic E-state index is 5.77. The van der Waals surface area contributed by atoms with Crippen molar-refractivity contribution < 1.29 is 9.47 Å². The number of rotatable bonds is 1. The summed E-state index contributed by atoms with van der Waals surface area (Å²) in [6, 6.07) is 24.2. The zero-order valence-corrected chi connectivity index (χ0v) is 20.9. The fourth-order valence-corrected chi connectivity index (χ4v) is 4.82. The summed E-state index contributed by atoms with van der Waals surface area (Å²) in [5.41, 5.74) is 0. The second-order valence-electron chi connectivity index (χ2n) is 6.58. The van der Waals surface area contributed by atoms with E-state index in [0.29, 0.717) is 0 Å². The van der Waals surface area contributed by atoms with Gasteiger partial charge in [-0.2, -0.15) is 11.8 Å². The van der Waals surface area contributed by atoms with Crippen molar-refractivity contribution in [2.75, 3.05) is 12.5 Å². The Balaban J connectivity index is 0.000000161. The Bertz CT molecular complexity index is 1030. The summed E-state index contributed by atoms with van der Waals surface area (Å²) >= 11 is 5.22. The molecule has 0 bridgehead atoms. The van der Waals surface area contributed by atoms with E-state index in [0.717, 1.165) is 32.8 Å². The van der Waals surface area contributed by atoms with Crippen molar-refractivity contribution in [1.29, 1.82) is 0 Å². The topological polar surface area (TPSA) is 18.5 Å². The largest absolute Gasteiger partial charge is 0.455 e. The van der Waals surface area contributed by atoms with Crippen LogP contribution >= 0.6 is 35.3 Å². The molecule has 2 nitrogen and oxygen atoms in total. The highest BCUT2D eigenvalue weighted by Gasteiger charge is 2.18. The average molecular weight is 479 g/mol. The van der Waals surface area contributed by atoms with E-state index in [9.17, 15) is 0 Å². The highest BCUT2D eigenvalue weighted by molar-refractivity contribution is 8.03. The molecular formula is C27H26O2S3. The van der Waals surface area contributed by atoms with Crippen LogP contribution < -0.4 is 9.47 Å². The molecule has 0 fully saturated rings. The van der Waals surface area contributed by atoms with Crippen LogP contribution in [-0.2, 0) is 0 Å². The minimum atomic E-state index is 0.901. The minimum Gasteiger partial charge on any atom is -0.455 e. The third-order valence-corrected chi connectivity index (χ3v) is 6.43. The quantitative estimate of drug-likeness (QED) is 0.271. The Morgan fingerprint density at radius 2 is 1.16 bits per heavy atom. The highest BCUT2D eigenvalue weighted by atomic mass is 32.2. The third kappa shape index (κ3) is 6.28. The van der Waals surface area contributed by atoms with Gasteiger partial charge < -0.3 is 9.47 Å². The van der Waals surface area contributed by atoms with Gasteiger partial charge in [-0.1, -0.05) is 72.6 Å². The van der Waals surface area contributed by atoms with E-state index in [-0.39, 0.29) is 0 Å². The number of ether oxygens (including phenoxy) is 2. The van der Waals surface area contributed by atoms with Crippen LogP contribution in [0, 0.1) is 0 Å². The van der Waals surface area contributed by atoms with Gasteiger partial charge in [-0.15, -0.1) is 0 Å². The monoisotopic (exact) mass is 478 g/mol. The van der Waals surface area contributed by atoms with Gasteiger partial charge in [0.05, 0.1) is 19.6 Å². The zero-order chi connectivity index (χ0) is 22.8. The molecular weight excluding hydrogens is 452 g/mol. The van der Waals surface area contributed by atoms with Crippen molar-refractivity contribution in [3.05, 3.63) is 108 Å². The molecule has 0 aliphatic carbocycles. The van der Waals surface area contributed by atoms with Crippen molar-refractivity contribution in [2.24, 2.45) is 0 Å². The van der Waals surface area contributed by atoms with E-state index in [1.165, 1.54) is 9.79 Å². The predicted octanol–water partition coefficient (Wildman–Crippen LogP) is 9.07. The molecule has 0 unspecified atom stereocenters. The van der Waals surface area contributed by atoms with E-state index in [2.05, 4.69) is 24.8 Å². The number of allylic oxidation sites excluding steroid dienone is 3. The van der Waals surface area contributed by atoms with E-state index in [1.54, 1.807) is 41.4 Å². The Labute approximate surface area is 203 Å². The Morgan fingerprint density at radius 1 is 0.719 bits per heavy atom. The number of benzene rings is 3. The number of thioether (sulfide) groups is 2. The van der Waals surface area contributed by atoms with Gasteiger partial charge in [-0.3, -0.25) is 0 Å². The fraction of sp³-hybridized carbons (Fsp3) is 0.111. The first-order valence-corrected chi connectivity index (χ1v) is 13.3. The Kier molecular flexibility index (Phi) is 9.47. The van der Waals surface area contributed by atoms with E-state index in [1.807, 2.05) is 86.2 Å². The molecule has 0 spiro atoms. The molecule has 0 aromatic heterocycles. The molecule has 0 N–H and O–H groups in total. The number of hydrogen-bond donors (Lipinski definition) is 0. The van der Waals surface area contributed by atoms with Crippen LogP contribution in [-0.4, -0.2) is 12.5 Å². The summed E-state index contributed by atoms with van der Waals surface area (Å²) in [5.74, 6) is 3.74. The summed E-state index contributed by atoms with van der Waals surface area (Å²) in [6.07, 6.45) is 9.80. The van der Waals surface area contributed by atoms with Crippen molar-refractivity contribution in [2.45, 2.75) is 21.6 Å². The molecule has 0 saturated heterocycles. The van der Waals surface area contributed by atoms with Crippen molar-refractivity contribution in [3.8, 4) is 17.2 Å². The van der Waals surface area contributed by atoms with Crippen LogP contribution in [0.4, 0.5) is 0 Å². The zero-order valence-electron chi connectivity index (χ0n) is 18.4. The molecule has 2 heterocycles. The van der Waals surface area contributed by atoms with Gasteiger partial charge in [-0.05, 0) is 68.0 Å². The summed E-state index contributed by atoms with van der Waals surface area (Å²) in [6.45, 7) is 5.68. The molecule has 3 aromatic rings. The Hall–Kier alpha value is -2.47. The molecule has 0 saturated carbocycles. The minimum absolute atomic E-state index is 0.901. The Morgan fingerprint density at radius 3 is 1.62 bits per heavy atom. The molecule has 5 heteroatoms. The van der Waals surface area contributed by atoms with Gasteiger partial charge in [0.2, 0.25) is 0 Å². The maximum absolute atomic E-state index is 5.77. The fourth-order valence-electron chi connectivity index (χ4n) is 2.86. The molecule has 0 amide bonds. The molecule has 2 aliphatic rings. The van der Waals surface area contributed by atoms with Crippen molar-refractivity contribution >= 4 is 35.3 Å². The van der Waals surface area contributed by atoms with Crippen molar-refractivity contribution in [3.63, 3.8) is 0 Å². The summed E-state index contributed by atoms with van der Waals surface area (Å²) < 4.78 is 11.5. The van der Waals surface area contributed by atoms with Gasteiger partial charge in [-0.25, -0.2) is 0 Å². The average Bonchev–Trinajstić information content (AvgIpc) is 2.83. The van der Waals surface area contributed by atoms with Gasteiger partial charge >= 0.3 is 0 Å². The number of hydrogen-bond acceptors (Lipinski definition) is 5. The first-order valence-electron chi connectivity index (χ1n) is 10.1. The van der Waals surface area contributed by atoms with Gasteiger partial charge in [0.25, 0.3) is 0 Å². The maximum Gasteiger partial charge on any atom is 0.141 e. The molecule has 0 radical (unpaired) electrons. The summed E-state index contributed by atoms with van der Waals surface area (Å²) in [7, 11) is 0. The lowest BCUT2D eigenvalue weighted by Crippen LogP contribution is -2.02. The molecule has 3 aromatic carbocycles. The van der Waals surface area contributed by atoms with Gasteiger partial charge in [0, 0.05) is 0 Å². The lowest BCUT2D eigenvalue weighted by Gasteiger charge is -2.20. The predicted molar refractivity (Wildman–Crippen MR) is 141 cm³/mol. The number of para-hydroxylation sites is 3. The lowest BCUT2D eigenvalue weighted by atomic mass is 10.3. The first-order chi connectivity index (χ1) is 15.7. The van der Waals surface area contributed by atoms with Crippen LogP contribution in [0.15, 0.2) is 123 Å². The second kappa shape index (κ2) is 12.5. The van der Waals surface area contributed by atoms with E-state index in [4.69, 9.17) is 9.47 Å². The first kappa shape index (κ1) is 24.2. The molecule has 5 rings (SSSR count). The van der Waals surface area contributed by atoms with Gasteiger partial charge in [0.1, 0.15) is 23.0 Å². The molecule has 32 heavy (non-hydrogen) atoms. The van der Waals surface area contributed by atoms with E-state index < -0.39 is 0 Å². The van der Waals surface area contributed by atoms with Crippen LogP contribution in [0.3, 0.4) is 0 Å². The van der Waals surface area contributed by atoms with E-state index >= 15 is 0 Å². The normalized spacial score (nSPS) is 15.3. The summed E-state index contributed by atoms with van der Waals surface area (Å²) in [4.78, 5) is 4.62. The van der Waals surface area contributed by atoms with Gasteiger partial charge in [0.15, 0.2) is 0 Å². The smallest absolute Gasteiger partial charge is 0.141 e. The van der Waals surface area contributed by atoms with Crippen molar-refractivity contribution in [1.82, 2.24) is 0 Å². The number of fused-ring (bicyclic) bond motifs is 3. The molecule has 0 atom stereocenters. The highest BCUT2D eigenvalue weighted by Crippen LogP contribution is 2.46.